The normalized spacial score (nSPS) is 12.6. The number of amides is 2. The second kappa shape index (κ2) is 6.27. The summed E-state index contributed by atoms with van der Waals surface area (Å²) >= 11 is 0. The molecule has 1 atom stereocenters. The summed E-state index contributed by atoms with van der Waals surface area (Å²) in [5.74, 6) is -4.63. The molecule has 0 bridgehead atoms. The molecular weight excluding hydrogens is 277 g/mol. The Morgan fingerprint density at radius 2 is 1.85 bits per heavy atom. The van der Waals surface area contributed by atoms with Gasteiger partial charge in [0.2, 0.25) is 0 Å². The lowest BCUT2D eigenvalue weighted by molar-refractivity contribution is -0.194. The molecule has 8 heteroatoms. The highest BCUT2D eigenvalue weighted by molar-refractivity contribution is 5.89. The summed E-state index contributed by atoms with van der Waals surface area (Å²) in [5.41, 5.74) is 0.406. The van der Waals surface area contributed by atoms with E-state index in [1.165, 1.54) is 0 Å². The lowest BCUT2D eigenvalue weighted by atomic mass is 10.1. The summed E-state index contributed by atoms with van der Waals surface area (Å²) in [6.07, 6.45) is -4.91. The van der Waals surface area contributed by atoms with Gasteiger partial charge in [-0.3, -0.25) is 4.79 Å². The summed E-state index contributed by atoms with van der Waals surface area (Å²) < 4.78 is 37.4. The van der Waals surface area contributed by atoms with Gasteiger partial charge in [0.25, 0.3) is 0 Å². The third-order valence-electron chi connectivity index (χ3n) is 2.52. The maximum absolute atomic E-state index is 12.5. The fourth-order valence-corrected chi connectivity index (χ4v) is 1.42. The van der Waals surface area contributed by atoms with Crippen molar-refractivity contribution < 1.29 is 27.9 Å². The number of aliphatic carboxylic acids is 1. The van der Waals surface area contributed by atoms with Gasteiger partial charge in [0.1, 0.15) is 0 Å². The van der Waals surface area contributed by atoms with Gasteiger partial charge in [-0.15, -0.1) is 0 Å². The molecule has 110 valence electrons. The quantitative estimate of drug-likeness (QED) is 0.894. The summed E-state index contributed by atoms with van der Waals surface area (Å²) in [5, 5.41) is 10.9. The second-order valence-electron chi connectivity index (χ2n) is 4.11. The first kappa shape index (κ1) is 15.8. The van der Waals surface area contributed by atoms with Crippen LogP contribution in [0.2, 0.25) is 0 Å². The Morgan fingerprint density at radius 1 is 1.30 bits per heavy atom. The molecule has 1 unspecified atom stereocenters. The first-order valence-corrected chi connectivity index (χ1v) is 5.58. The van der Waals surface area contributed by atoms with Crippen molar-refractivity contribution in [1.29, 1.82) is 0 Å². The minimum atomic E-state index is -4.91. The molecular formula is C12H13F3N2O3. The van der Waals surface area contributed by atoms with E-state index in [0.29, 0.717) is 10.6 Å². The smallest absolute Gasteiger partial charge is 0.403 e. The highest BCUT2D eigenvalue weighted by atomic mass is 19.4. The number of alkyl halides is 3. The molecule has 0 aromatic heterocycles. The topological polar surface area (TPSA) is 69.6 Å². The first-order chi connectivity index (χ1) is 9.21. The molecule has 5 nitrogen and oxygen atoms in total. The highest BCUT2D eigenvalue weighted by Crippen LogP contribution is 2.27. The van der Waals surface area contributed by atoms with Gasteiger partial charge < -0.3 is 15.3 Å². The number of halogens is 3. The maximum atomic E-state index is 12.5. The Bertz CT molecular complexity index is 477. The van der Waals surface area contributed by atoms with Crippen LogP contribution in [0.1, 0.15) is 0 Å². The number of hydrogen-bond acceptors (Lipinski definition) is 2. The molecule has 1 rings (SSSR count). The van der Waals surface area contributed by atoms with Gasteiger partial charge in [-0.2, -0.15) is 13.2 Å². The minimum Gasteiger partial charge on any atom is -0.481 e. The zero-order chi connectivity index (χ0) is 15.3. The Balaban J connectivity index is 2.67. The van der Waals surface area contributed by atoms with Crippen molar-refractivity contribution in [3.05, 3.63) is 30.3 Å². The van der Waals surface area contributed by atoms with E-state index < -0.39 is 30.6 Å². The number of carboxylic acids is 1. The van der Waals surface area contributed by atoms with E-state index in [1.54, 1.807) is 30.3 Å². The average Bonchev–Trinajstić information content (AvgIpc) is 2.34. The van der Waals surface area contributed by atoms with Gasteiger partial charge in [-0.05, 0) is 12.1 Å². The van der Waals surface area contributed by atoms with E-state index in [4.69, 9.17) is 5.11 Å². The van der Waals surface area contributed by atoms with E-state index >= 15 is 0 Å². The summed E-state index contributed by atoms with van der Waals surface area (Å²) in [7, 11) is 1.10. The van der Waals surface area contributed by atoms with Crippen LogP contribution in [0.3, 0.4) is 0 Å². The van der Waals surface area contributed by atoms with Crippen molar-refractivity contribution in [1.82, 2.24) is 4.90 Å². The Hall–Kier alpha value is -2.25. The van der Waals surface area contributed by atoms with Gasteiger partial charge in [0, 0.05) is 19.3 Å². The molecule has 0 fully saturated rings. The van der Waals surface area contributed by atoms with Gasteiger partial charge >= 0.3 is 18.2 Å². The van der Waals surface area contributed by atoms with E-state index in [9.17, 15) is 22.8 Å². The summed E-state index contributed by atoms with van der Waals surface area (Å²) in [6.45, 7) is -0.961. The fraction of sp³-hybridized carbons (Fsp3) is 0.333. The molecule has 0 aliphatic carbocycles. The maximum Gasteiger partial charge on any atom is 0.403 e. The number of rotatable bonds is 4. The molecule has 0 radical (unpaired) electrons. The van der Waals surface area contributed by atoms with Gasteiger partial charge in [-0.1, -0.05) is 18.2 Å². The van der Waals surface area contributed by atoms with Crippen LogP contribution in [0.15, 0.2) is 30.3 Å². The second-order valence-corrected chi connectivity index (χ2v) is 4.11. The van der Waals surface area contributed by atoms with Crippen molar-refractivity contribution in [2.75, 3.05) is 18.9 Å². The average molecular weight is 290 g/mol. The number of anilines is 1. The summed E-state index contributed by atoms with van der Waals surface area (Å²) in [4.78, 5) is 22.9. The number of nitrogens with zero attached hydrogens (tertiary/aromatic N) is 1. The number of hydrogen-bond donors (Lipinski definition) is 2. The van der Waals surface area contributed by atoms with Crippen LogP contribution in [0, 0.1) is 5.92 Å². The van der Waals surface area contributed by atoms with E-state index in [-0.39, 0.29) is 0 Å². The highest BCUT2D eigenvalue weighted by Gasteiger charge is 2.46. The molecule has 0 saturated carbocycles. The number of carbonyl (C=O) groups is 2. The van der Waals surface area contributed by atoms with Crippen LogP contribution in [0.4, 0.5) is 23.7 Å². The molecule has 0 heterocycles. The molecule has 0 saturated heterocycles. The summed E-state index contributed by atoms with van der Waals surface area (Å²) in [6, 6.07) is 7.31. The zero-order valence-corrected chi connectivity index (χ0v) is 10.5. The van der Waals surface area contributed by atoms with Crippen LogP contribution in [-0.4, -0.2) is 41.8 Å². The van der Waals surface area contributed by atoms with Crippen LogP contribution < -0.4 is 5.32 Å². The van der Waals surface area contributed by atoms with Crippen molar-refractivity contribution in [2.45, 2.75) is 6.18 Å². The number of benzene rings is 1. The third kappa shape index (κ3) is 4.45. The zero-order valence-electron chi connectivity index (χ0n) is 10.5. The number of carbonyl (C=O) groups excluding carboxylic acids is 1. The molecule has 0 spiro atoms. The lowest BCUT2D eigenvalue weighted by Gasteiger charge is -2.23. The van der Waals surface area contributed by atoms with Crippen molar-refractivity contribution >= 4 is 17.7 Å². The largest absolute Gasteiger partial charge is 0.481 e. The number of urea groups is 1. The number of nitrogens with one attached hydrogen (secondary N) is 1. The van der Waals surface area contributed by atoms with Crippen molar-refractivity contribution in [3.63, 3.8) is 0 Å². The Morgan fingerprint density at radius 3 is 2.30 bits per heavy atom. The molecule has 2 N–H and O–H groups in total. The van der Waals surface area contributed by atoms with Gasteiger partial charge in [-0.25, -0.2) is 4.79 Å². The van der Waals surface area contributed by atoms with E-state index in [0.717, 1.165) is 7.05 Å². The SMILES string of the molecule is CN(CC(C(=O)O)C(F)(F)F)C(=O)Nc1ccccc1. The Labute approximate surface area is 113 Å². The number of para-hydroxylation sites is 1. The number of carboxylic acid groups (broad SMARTS) is 1. The first-order valence-electron chi connectivity index (χ1n) is 5.58. The molecule has 0 aliphatic heterocycles. The predicted molar refractivity (Wildman–Crippen MR) is 65.3 cm³/mol. The molecule has 1 aromatic rings. The van der Waals surface area contributed by atoms with Crippen LogP contribution in [-0.2, 0) is 4.79 Å². The van der Waals surface area contributed by atoms with Gasteiger partial charge in [0.15, 0.2) is 5.92 Å². The molecule has 1 aromatic carbocycles. The third-order valence-corrected chi connectivity index (χ3v) is 2.52. The van der Waals surface area contributed by atoms with Gasteiger partial charge in [0.05, 0.1) is 0 Å². The fourth-order valence-electron chi connectivity index (χ4n) is 1.42. The van der Waals surface area contributed by atoms with Crippen molar-refractivity contribution in [3.8, 4) is 0 Å². The van der Waals surface area contributed by atoms with Crippen molar-refractivity contribution in [2.24, 2.45) is 5.92 Å². The lowest BCUT2D eigenvalue weighted by Crippen LogP contribution is -2.43. The molecule has 20 heavy (non-hydrogen) atoms. The van der Waals surface area contributed by atoms with Crippen LogP contribution in [0.5, 0.6) is 0 Å². The van der Waals surface area contributed by atoms with E-state index in [1.807, 2.05) is 0 Å². The van der Waals surface area contributed by atoms with Crippen LogP contribution in [0.25, 0.3) is 0 Å². The van der Waals surface area contributed by atoms with Crippen LogP contribution >= 0.6 is 0 Å². The van der Waals surface area contributed by atoms with E-state index in [2.05, 4.69) is 5.32 Å². The standard InChI is InChI=1S/C12H13F3N2O3/c1-17(7-9(10(18)19)12(13,14)15)11(20)16-8-5-3-2-4-6-8/h2-6,9H,7H2,1H3,(H,16,20)(H,18,19). The minimum absolute atomic E-state index is 0.406. The monoisotopic (exact) mass is 290 g/mol. The molecule has 0 aliphatic rings. The molecule has 2 amide bonds. The predicted octanol–water partition coefficient (Wildman–Crippen LogP) is 2.41. The Kier molecular flexibility index (Phi) is 4.95.